The minimum Gasteiger partial charge on any atom is -0.366 e. The number of aryl methyl sites for hydroxylation is 1. The number of fused-ring (bicyclic) bond motifs is 1. The van der Waals surface area contributed by atoms with E-state index < -0.39 is 5.91 Å². The van der Waals surface area contributed by atoms with Gasteiger partial charge in [0.05, 0.1) is 5.69 Å². The Morgan fingerprint density at radius 2 is 1.81 bits per heavy atom. The fraction of sp³-hybridized carbons (Fsp3) is 0.0526. The molecular weight excluding hydrogens is 328 g/mol. The third-order valence-corrected chi connectivity index (χ3v) is 4.04. The minimum absolute atomic E-state index is 0.455. The van der Waals surface area contributed by atoms with Crippen molar-refractivity contribution >= 4 is 23.2 Å². The zero-order valence-electron chi connectivity index (χ0n) is 14.0. The molecule has 0 unspecified atom stereocenters. The number of rotatable bonds is 4. The van der Waals surface area contributed by atoms with Crippen molar-refractivity contribution in [3.05, 3.63) is 72.1 Å². The van der Waals surface area contributed by atoms with Crippen LogP contribution in [0.1, 0.15) is 15.9 Å². The molecule has 0 bridgehead atoms. The number of benzene rings is 2. The van der Waals surface area contributed by atoms with Gasteiger partial charge in [0.2, 0.25) is 5.91 Å². The first-order valence-electron chi connectivity index (χ1n) is 8.05. The van der Waals surface area contributed by atoms with Crippen LogP contribution in [0.4, 0.5) is 11.5 Å². The number of anilines is 2. The van der Waals surface area contributed by atoms with Gasteiger partial charge in [-0.2, -0.15) is 19.6 Å². The van der Waals surface area contributed by atoms with Crippen molar-refractivity contribution in [1.29, 1.82) is 0 Å². The molecule has 2 heterocycles. The Balaban J connectivity index is 1.74. The first-order valence-corrected chi connectivity index (χ1v) is 8.05. The summed E-state index contributed by atoms with van der Waals surface area (Å²) in [5, 5.41) is 7.49. The van der Waals surface area contributed by atoms with Crippen LogP contribution < -0.4 is 11.1 Å². The predicted molar refractivity (Wildman–Crippen MR) is 99.2 cm³/mol. The number of nitrogens with two attached hydrogens (primary N) is 1. The SMILES string of the molecule is Cc1ccc(-c2cc(Nc3ccc(C(N)=O)cc3)nc3ncnn23)cc1. The third-order valence-electron chi connectivity index (χ3n) is 4.04. The van der Waals surface area contributed by atoms with E-state index in [-0.39, 0.29) is 0 Å². The van der Waals surface area contributed by atoms with Crippen molar-refractivity contribution in [2.75, 3.05) is 5.32 Å². The van der Waals surface area contributed by atoms with Gasteiger partial charge in [0.25, 0.3) is 5.78 Å². The van der Waals surface area contributed by atoms with Gasteiger partial charge < -0.3 is 11.1 Å². The molecule has 1 amide bonds. The van der Waals surface area contributed by atoms with Crippen molar-refractivity contribution in [1.82, 2.24) is 19.6 Å². The van der Waals surface area contributed by atoms with Crippen molar-refractivity contribution in [2.45, 2.75) is 6.92 Å². The molecule has 0 aliphatic rings. The Morgan fingerprint density at radius 1 is 1.08 bits per heavy atom. The van der Waals surface area contributed by atoms with Crippen molar-refractivity contribution in [2.24, 2.45) is 5.73 Å². The molecule has 0 atom stereocenters. The molecule has 4 rings (SSSR count). The number of carbonyl (C=O) groups is 1. The average molecular weight is 344 g/mol. The summed E-state index contributed by atoms with van der Waals surface area (Å²) >= 11 is 0. The van der Waals surface area contributed by atoms with Crippen LogP contribution in [0.25, 0.3) is 17.0 Å². The third kappa shape index (κ3) is 2.98. The number of carbonyl (C=O) groups excluding carboxylic acids is 1. The first-order chi connectivity index (χ1) is 12.6. The molecule has 128 valence electrons. The second kappa shape index (κ2) is 6.29. The highest BCUT2D eigenvalue weighted by Gasteiger charge is 2.10. The maximum absolute atomic E-state index is 11.2. The summed E-state index contributed by atoms with van der Waals surface area (Å²) in [5.41, 5.74) is 9.60. The lowest BCUT2D eigenvalue weighted by atomic mass is 10.1. The van der Waals surface area contributed by atoms with Gasteiger partial charge in [-0.3, -0.25) is 4.79 Å². The molecule has 0 saturated carbocycles. The second-order valence-corrected chi connectivity index (χ2v) is 5.93. The summed E-state index contributed by atoms with van der Waals surface area (Å²) < 4.78 is 1.70. The van der Waals surface area contributed by atoms with Crippen LogP contribution in [0.15, 0.2) is 60.9 Å². The molecule has 0 aliphatic heterocycles. The number of hydrogen-bond acceptors (Lipinski definition) is 5. The number of hydrogen-bond donors (Lipinski definition) is 2. The van der Waals surface area contributed by atoms with Gasteiger partial charge in [-0.25, -0.2) is 0 Å². The van der Waals surface area contributed by atoms with Gasteiger partial charge in [-0.15, -0.1) is 0 Å². The molecule has 0 spiro atoms. The van der Waals surface area contributed by atoms with E-state index in [2.05, 4.69) is 20.4 Å². The molecule has 0 aliphatic carbocycles. The standard InChI is InChI=1S/C19H16N6O/c1-12-2-4-13(5-3-12)16-10-17(24-19-21-11-22-25(16)19)23-15-8-6-14(7-9-15)18(20)26/h2-11H,1H3,(H2,20,26)(H,21,22,23,24). The molecule has 7 nitrogen and oxygen atoms in total. The van der Waals surface area contributed by atoms with Gasteiger partial charge in [0.15, 0.2) is 0 Å². The fourth-order valence-corrected chi connectivity index (χ4v) is 2.67. The average Bonchev–Trinajstić information content (AvgIpc) is 3.11. The van der Waals surface area contributed by atoms with E-state index in [1.807, 2.05) is 37.3 Å². The zero-order valence-corrected chi connectivity index (χ0v) is 14.0. The first kappa shape index (κ1) is 15.8. The number of primary amides is 1. The van der Waals surface area contributed by atoms with E-state index in [4.69, 9.17) is 5.73 Å². The smallest absolute Gasteiger partial charge is 0.254 e. The Kier molecular flexibility index (Phi) is 3.81. The molecule has 4 aromatic rings. The monoisotopic (exact) mass is 344 g/mol. The van der Waals surface area contributed by atoms with E-state index >= 15 is 0 Å². The summed E-state index contributed by atoms with van der Waals surface area (Å²) in [6.07, 6.45) is 1.48. The number of nitrogens with one attached hydrogen (secondary N) is 1. The normalized spacial score (nSPS) is 10.8. The van der Waals surface area contributed by atoms with Gasteiger partial charge in [-0.1, -0.05) is 29.8 Å². The van der Waals surface area contributed by atoms with E-state index in [0.717, 1.165) is 16.9 Å². The van der Waals surface area contributed by atoms with Crippen LogP contribution in [0.2, 0.25) is 0 Å². The van der Waals surface area contributed by atoms with Crippen molar-refractivity contribution in [3.63, 3.8) is 0 Å². The fourth-order valence-electron chi connectivity index (χ4n) is 2.67. The molecule has 2 aromatic carbocycles. The second-order valence-electron chi connectivity index (χ2n) is 5.93. The Labute approximate surface area is 149 Å². The van der Waals surface area contributed by atoms with E-state index in [1.165, 1.54) is 11.9 Å². The summed E-state index contributed by atoms with van der Waals surface area (Å²) in [6, 6.07) is 17.0. The van der Waals surface area contributed by atoms with Crippen LogP contribution in [0, 0.1) is 6.92 Å². The van der Waals surface area contributed by atoms with Gasteiger partial charge in [0, 0.05) is 22.9 Å². The van der Waals surface area contributed by atoms with Crippen LogP contribution in [-0.2, 0) is 0 Å². The molecular formula is C19H16N6O. The molecule has 3 N–H and O–H groups in total. The maximum atomic E-state index is 11.2. The maximum Gasteiger partial charge on any atom is 0.254 e. The quantitative estimate of drug-likeness (QED) is 0.593. The van der Waals surface area contributed by atoms with Gasteiger partial charge in [0.1, 0.15) is 12.1 Å². The Bertz CT molecular complexity index is 1080. The summed E-state index contributed by atoms with van der Waals surface area (Å²) in [4.78, 5) is 19.9. The predicted octanol–water partition coefficient (Wildman–Crippen LogP) is 2.94. The summed E-state index contributed by atoms with van der Waals surface area (Å²) in [5.74, 6) is 0.674. The highest BCUT2D eigenvalue weighted by molar-refractivity contribution is 5.93. The topological polar surface area (TPSA) is 98.2 Å². The molecule has 7 heteroatoms. The number of amides is 1. The number of aromatic nitrogens is 4. The lowest BCUT2D eigenvalue weighted by Crippen LogP contribution is -2.10. The molecule has 26 heavy (non-hydrogen) atoms. The lowest BCUT2D eigenvalue weighted by molar-refractivity contribution is 0.100. The van der Waals surface area contributed by atoms with Crippen LogP contribution in [0.5, 0.6) is 0 Å². The van der Waals surface area contributed by atoms with Gasteiger partial charge in [-0.05, 0) is 31.2 Å². The van der Waals surface area contributed by atoms with E-state index in [9.17, 15) is 4.79 Å². The molecule has 2 aromatic heterocycles. The summed E-state index contributed by atoms with van der Waals surface area (Å²) in [6.45, 7) is 2.05. The summed E-state index contributed by atoms with van der Waals surface area (Å²) in [7, 11) is 0. The Morgan fingerprint density at radius 3 is 2.50 bits per heavy atom. The highest BCUT2D eigenvalue weighted by atomic mass is 16.1. The van der Waals surface area contributed by atoms with Crippen molar-refractivity contribution < 1.29 is 4.79 Å². The van der Waals surface area contributed by atoms with E-state index in [1.54, 1.807) is 28.8 Å². The minimum atomic E-state index is -0.457. The molecule has 0 saturated heterocycles. The Hall–Kier alpha value is -3.74. The van der Waals surface area contributed by atoms with E-state index in [0.29, 0.717) is 17.2 Å². The largest absolute Gasteiger partial charge is 0.366 e. The molecule has 0 fully saturated rings. The van der Waals surface area contributed by atoms with Crippen LogP contribution >= 0.6 is 0 Å². The number of nitrogens with zero attached hydrogens (tertiary/aromatic N) is 4. The van der Waals surface area contributed by atoms with Crippen LogP contribution in [-0.4, -0.2) is 25.5 Å². The lowest BCUT2D eigenvalue weighted by Gasteiger charge is -2.10. The molecule has 0 radical (unpaired) electrons. The zero-order chi connectivity index (χ0) is 18.1. The van der Waals surface area contributed by atoms with Crippen molar-refractivity contribution in [3.8, 4) is 11.3 Å². The van der Waals surface area contributed by atoms with Gasteiger partial charge >= 0.3 is 0 Å². The highest BCUT2D eigenvalue weighted by Crippen LogP contribution is 2.24. The van der Waals surface area contributed by atoms with Crippen LogP contribution in [0.3, 0.4) is 0 Å².